The number of para-hydroxylation sites is 1. The van der Waals surface area contributed by atoms with Gasteiger partial charge in [-0.15, -0.1) is 0 Å². The van der Waals surface area contributed by atoms with Crippen LogP contribution in [-0.2, 0) is 11.4 Å². The second-order valence-electron chi connectivity index (χ2n) is 5.76. The zero-order valence-electron chi connectivity index (χ0n) is 13.4. The lowest BCUT2D eigenvalue weighted by Crippen LogP contribution is -2.48. The minimum absolute atomic E-state index is 0.0497. The highest BCUT2D eigenvalue weighted by Crippen LogP contribution is 2.28. The Morgan fingerprint density at radius 1 is 1.20 bits per heavy atom. The summed E-state index contributed by atoms with van der Waals surface area (Å²) in [5, 5.41) is 5.15. The van der Waals surface area contributed by atoms with Gasteiger partial charge in [-0.3, -0.25) is 4.98 Å². The Morgan fingerprint density at radius 3 is 2.84 bits per heavy atom. The van der Waals surface area contributed by atoms with E-state index in [1.807, 2.05) is 71.8 Å². The molecule has 25 heavy (non-hydrogen) atoms. The molecule has 0 aliphatic carbocycles. The number of ether oxygens (including phenoxy) is 1. The molecule has 5 nitrogen and oxygen atoms in total. The minimum atomic E-state index is -0.0497. The molecule has 1 aliphatic rings. The molecule has 1 unspecified atom stereocenters. The summed E-state index contributed by atoms with van der Waals surface area (Å²) in [5.41, 5.74) is 2.81. The van der Waals surface area contributed by atoms with E-state index < -0.39 is 0 Å². The first-order valence-electron chi connectivity index (χ1n) is 8.01. The summed E-state index contributed by atoms with van der Waals surface area (Å²) in [6, 6.07) is 15.4. The van der Waals surface area contributed by atoms with Crippen LogP contribution in [0.3, 0.4) is 0 Å². The predicted octanol–water partition coefficient (Wildman–Crippen LogP) is 3.51. The van der Waals surface area contributed by atoms with E-state index in [1.54, 1.807) is 0 Å². The number of hydrogen-bond donors (Lipinski definition) is 1. The zero-order valence-corrected chi connectivity index (χ0v) is 14.2. The molecule has 0 radical (unpaired) electrons. The molecule has 1 atom stereocenters. The molecule has 126 valence electrons. The Labute approximate surface area is 150 Å². The number of rotatable bonds is 4. The molecule has 0 fully saturated rings. The summed E-state index contributed by atoms with van der Waals surface area (Å²) in [6.45, 7) is 0.886. The van der Waals surface area contributed by atoms with Crippen molar-refractivity contribution in [3.63, 3.8) is 0 Å². The Kier molecular flexibility index (Phi) is 4.39. The van der Waals surface area contributed by atoms with E-state index in [2.05, 4.69) is 10.1 Å². The third kappa shape index (κ3) is 3.37. The van der Waals surface area contributed by atoms with Crippen molar-refractivity contribution in [2.75, 3.05) is 6.61 Å². The van der Waals surface area contributed by atoms with Gasteiger partial charge in [0.15, 0.2) is 6.04 Å². The highest BCUT2D eigenvalue weighted by Gasteiger charge is 2.32. The monoisotopic (exact) mass is 354 g/mol. The Morgan fingerprint density at radius 2 is 2.04 bits per heavy atom. The smallest absolute Gasteiger partial charge is 0.242 e. The second kappa shape index (κ2) is 6.99. The normalized spacial score (nSPS) is 17.8. The van der Waals surface area contributed by atoms with Gasteiger partial charge in [0.2, 0.25) is 6.33 Å². The number of halogens is 1. The van der Waals surface area contributed by atoms with Gasteiger partial charge in [0.25, 0.3) is 0 Å². The highest BCUT2D eigenvalue weighted by atomic mass is 35.5. The number of imidazole rings is 1. The van der Waals surface area contributed by atoms with Gasteiger partial charge in [-0.1, -0.05) is 41.0 Å². The first-order valence-corrected chi connectivity index (χ1v) is 8.39. The SMILES string of the molecule is Clc1ccc(CO/N=C2/c3ccccc3OCC2[n+]2cc[nH]c2)cc1. The number of H-pyrrole nitrogens is 1. The third-order valence-corrected chi connectivity index (χ3v) is 4.36. The van der Waals surface area contributed by atoms with Crippen LogP contribution in [0.1, 0.15) is 17.2 Å². The molecule has 0 spiro atoms. The molecule has 2 aromatic carbocycles. The second-order valence-corrected chi connectivity index (χ2v) is 6.19. The lowest BCUT2D eigenvalue weighted by Gasteiger charge is -2.24. The quantitative estimate of drug-likeness (QED) is 0.575. The van der Waals surface area contributed by atoms with Gasteiger partial charge in [-0.25, -0.2) is 4.57 Å². The first kappa shape index (κ1) is 15.7. The van der Waals surface area contributed by atoms with Crippen LogP contribution in [0, 0.1) is 0 Å². The van der Waals surface area contributed by atoms with Crippen LogP contribution in [-0.4, -0.2) is 17.3 Å². The van der Waals surface area contributed by atoms with Crippen LogP contribution in [0.5, 0.6) is 5.75 Å². The predicted molar refractivity (Wildman–Crippen MR) is 94.7 cm³/mol. The fourth-order valence-electron chi connectivity index (χ4n) is 2.82. The largest absolute Gasteiger partial charge is 0.488 e. The molecule has 1 aromatic heterocycles. The summed E-state index contributed by atoms with van der Waals surface area (Å²) in [4.78, 5) is 8.71. The van der Waals surface area contributed by atoms with Gasteiger partial charge in [0.05, 0.1) is 0 Å². The molecule has 0 saturated heterocycles. The number of nitrogens with one attached hydrogen (secondary N) is 1. The Hall–Kier alpha value is -2.79. The van der Waals surface area contributed by atoms with Gasteiger partial charge < -0.3 is 9.57 Å². The van der Waals surface area contributed by atoms with Gasteiger partial charge in [0, 0.05) is 10.6 Å². The Balaban J connectivity index is 1.61. The molecule has 0 amide bonds. The summed E-state index contributed by atoms with van der Waals surface area (Å²) >= 11 is 5.91. The number of hydrogen-bond acceptors (Lipinski definition) is 3. The van der Waals surface area contributed by atoms with Gasteiger partial charge >= 0.3 is 0 Å². The molecule has 0 bridgehead atoms. The van der Waals surface area contributed by atoms with Gasteiger partial charge in [0.1, 0.15) is 37.1 Å². The maximum Gasteiger partial charge on any atom is 0.242 e. The minimum Gasteiger partial charge on any atom is -0.488 e. The van der Waals surface area contributed by atoms with Crippen molar-refractivity contribution >= 4 is 17.3 Å². The number of aromatic nitrogens is 2. The molecule has 4 rings (SSSR count). The van der Waals surface area contributed by atoms with E-state index in [1.165, 1.54) is 0 Å². The topological polar surface area (TPSA) is 50.5 Å². The van der Waals surface area contributed by atoms with Crippen LogP contribution < -0.4 is 9.30 Å². The van der Waals surface area contributed by atoms with E-state index in [4.69, 9.17) is 21.2 Å². The van der Waals surface area contributed by atoms with Crippen LogP contribution >= 0.6 is 11.6 Å². The number of fused-ring (bicyclic) bond motifs is 1. The average Bonchev–Trinajstić information content (AvgIpc) is 3.18. The van der Waals surface area contributed by atoms with E-state index in [-0.39, 0.29) is 6.04 Å². The maximum atomic E-state index is 5.91. The maximum absolute atomic E-state index is 5.91. The van der Waals surface area contributed by atoms with E-state index in [0.29, 0.717) is 18.2 Å². The number of nitrogens with zero attached hydrogens (tertiary/aromatic N) is 2. The van der Waals surface area contributed by atoms with E-state index in [0.717, 1.165) is 22.6 Å². The summed E-state index contributed by atoms with van der Waals surface area (Å²) < 4.78 is 7.91. The number of aromatic amines is 1. The van der Waals surface area contributed by atoms with Crippen LogP contribution in [0.4, 0.5) is 0 Å². The van der Waals surface area contributed by atoms with Crippen molar-refractivity contribution in [2.45, 2.75) is 12.6 Å². The fourth-order valence-corrected chi connectivity index (χ4v) is 2.95. The molecule has 6 heteroatoms. The van der Waals surface area contributed by atoms with E-state index in [9.17, 15) is 0 Å². The van der Waals surface area contributed by atoms with Crippen molar-refractivity contribution in [3.8, 4) is 5.75 Å². The number of oxime groups is 1. The van der Waals surface area contributed by atoms with Crippen LogP contribution in [0.25, 0.3) is 0 Å². The van der Waals surface area contributed by atoms with E-state index >= 15 is 0 Å². The highest BCUT2D eigenvalue weighted by molar-refractivity contribution is 6.30. The van der Waals surface area contributed by atoms with Gasteiger partial charge in [-0.2, -0.15) is 0 Å². The van der Waals surface area contributed by atoms with Crippen molar-refractivity contribution in [2.24, 2.45) is 5.16 Å². The van der Waals surface area contributed by atoms with Crippen molar-refractivity contribution in [1.82, 2.24) is 4.98 Å². The van der Waals surface area contributed by atoms with Crippen molar-refractivity contribution < 1.29 is 14.1 Å². The third-order valence-electron chi connectivity index (χ3n) is 4.11. The molecule has 1 N–H and O–H groups in total. The molecular weight excluding hydrogens is 338 g/mol. The van der Waals surface area contributed by atoms with Crippen LogP contribution in [0.2, 0.25) is 5.02 Å². The molecular formula is C19H17ClN3O2+. The molecule has 0 saturated carbocycles. The lowest BCUT2D eigenvalue weighted by molar-refractivity contribution is -0.706. The van der Waals surface area contributed by atoms with Crippen molar-refractivity contribution in [3.05, 3.63) is 83.4 Å². The van der Waals surface area contributed by atoms with Crippen molar-refractivity contribution in [1.29, 1.82) is 0 Å². The molecule has 1 aliphatic heterocycles. The Bertz CT molecular complexity index is 876. The summed E-state index contributed by atoms with van der Waals surface area (Å²) in [7, 11) is 0. The van der Waals surface area contributed by atoms with Gasteiger partial charge in [-0.05, 0) is 29.8 Å². The molecule has 3 aromatic rings. The number of benzene rings is 2. The summed E-state index contributed by atoms with van der Waals surface area (Å²) in [6.07, 6.45) is 5.71. The summed E-state index contributed by atoms with van der Waals surface area (Å²) in [5.74, 6) is 0.823. The fraction of sp³-hybridized carbons (Fsp3) is 0.158. The van der Waals surface area contributed by atoms with Crippen LogP contribution in [0.15, 0.2) is 72.4 Å². The molecule has 2 heterocycles. The zero-order chi connectivity index (χ0) is 17.1. The standard InChI is InChI=1S/C19H16ClN3O2/c20-15-7-5-14(6-8-15)11-25-22-19-16-3-1-2-4-18(16)24-12-17(19)23-10-9-21-13-23/h1-10,13,17H,11-12H2/p+1/b22-19-. The lowest BCUT2D eigenvalue weighted by atomic mass is 10.00. The first-order chi connectivity index (χ1) is 12.3. The average molecular weight is 355 g/mol.